The molecule has 1 amide bonds. The normalized spacial score (nSPS) is 11.3. The number of likely N-dealkylation sites (N-methyl/N-ethyl adjacent to an activating group) is 1. The van der Waals surface area contributed by atoms with E-state index in [1.54, 1.807) is 31.2 Å². The molecule has 0 aliphatic carbocycles. The number of rotatable bonds is 9. The van der Waals surface area contributed by atoms with Crippen LogP contribution < -0.4 is 14.8 Å². The third-order valence-corrected chi connectivity index (χ3v) is 5.81. The van der Waals surface area contributed by atoms with Gasteiger partial charge in [-0.15, -0.1) is 0 Å². The summed E-state index contributed by atoms with van der Waals surface area (Å²) < 4.78 is 50.7. The van der Waals surface area contributed by atoms with Crippen LogP contribution in [0.5, 0.6) is 11.5 Å². The van der Waals surface area contributed by atoms with Crippen LogP contribution in [0.25, 0.3) is 0 Å². The van der Waals surface area contributed by atoms with Crippen molar-refractivity contribution in [1.82, 2.24) is 4.31 Å². The van der Waals surface area contributed by atoms with Gasteiger partial charge >= 0.3 is 0 Å². The second-order valence-corrected chi connectivity index (χ2v) is 7.64. The molecule has 0 fully saturated rings. The smallest absolute Gasteiger partial charge is 0.247 e. The number of halogens is 1. The van der Waals surface area contributed by atoms with Crippen LogP contribution in [0.15, 0.2) is 47.4 Å². The zero-order valence-corrected chi connectivity index (χ0v) is 16.8. The minimum atomic E-state index is -4.13. The number of carbonyl (C=O) groups is 1. The standard InChI is InChI=1S/C19H23FN2O5S/c1-4-22(28(24,25)18-12-14(20)6-11-17(18)26-3)13-19(23)21-15-7-9-16(10-8-15)27-5-2/h6-12H,4-5,13H2,1-3H3,(H,21,23). The number of ether oxygens (including phenoxy) is 2. The van der Waals surface area contributed by atoms with E-state index in [-0.39, 0.29) is 17.2 Å². The van der Waals surface area contributed by atoms with Crippen molar-refractivity contribution in [3.8, 4) is 11.5 Å². The molecule has 0 atom stereocenters. The van der Waals surface area contributed by atoms with Gasteiger partial charge in [-0.05, 0) is 49.4 Å². The highest BCUT2D eigenvalue weighted by Gasteiger charge is 2.29. The van der Waals surface area contributed by atoms with Gasteiger partial charge in [-0.3, -0.25) is 4.79 Å². The Hall–Kier alpha value is -2.65. The molecule has 0 radical (unpaired) electrons. The van der Waals surface area contributed by atoms with E-state index in [0.717, 1.165) is 16.4 Å². The molecule has 0 unspecified atom stereocenters. The van der Waals surface area contributed by atoms with Gasteiger partial charge in [-0.2, -0.15) is 4.31 Å². The molecule has 1 N–H and O–H groups in total. The summed E-state index contributed by atoms with van der Waals surface area (Å²) in [5.41, 5.74) is 0.505. The van der Waals surface area contributed by atoms with Gasteiger partial charge in [0.25, 0.3) is 0 Å². The summed E-state index contributed by atoms with van der Waals surface area (Å²) in [7, 11) is -2.84. The highest BCUT2D eigenvalue weighted by atomic mass is 32.2. The maximum atomic E-state index is 13.6. The number of anilines is 1. The SMILES string of the molecule is CCOc1ccc(NC(=O)CN(CC)S(=O)(=O)c2cc(F)ccc2OC)cc1. The number of amides is 1. The fourth-order valence-electron chi connectivity index (χ4n) is 2.52. The van der Waals surface area contributed by atoms with Gasteiger partial charge in [-0.1, -0.05) is 6.92 Å². The lowest BCUT2D eigenvalue weighted by molar-refractivity contribution is -0.116. The zero-order valence-electron chi connectivity index (χ0n) is 15.9. The monoisotopic (exact) mass is 410 g/mol. The summed E-state index contributed by atoms with van der Waals surface area (Å²) in [5.74, 6) is -0.567. The molecule has 0 aromatic heterocycles. The Morgan fingerprint density at radius 1 is 1.14 bits per heavy atom. The van der Waals surface area contributed by atoms with E-state index < -0.39 is 28.3 Å². The molecule has 152 valence electrons. The minimum absolute atomic E-state index is 0.00627. The van der Waals surface area contributed by atoms with Gasteiger partial charge in [0.15, 0.2) is 0 Å². The summed E-state index contributed by atoms with van der Waals surface area (Å²) in [5, 5.41) is 2.63. The molecule has 7 nitrogen and oxygen atoms in total. The third kappa shape index (κ3) is 5.20. The van der Waals surface area contributed by atoms with Crippen molar-refractivity contribution < 1.29 is 27.1 Å². The summed E-state index contributed by atoms with van der Waals surface area (Å²) >= 11 is 0. The molecule has 2 aromatic carbocycles. The molecule has 9 heteroatoms. The first-order valence-corrected chi connectivity index (χ1v) is 10.1. The molecular formula is C19H23FN2O5S. The summed E-state index contributed by atoms with van der Waals surface area (Å²) in [6.45, 7) is 3.58. The van der Waals surface area contributed by atoms with Crippen LogP contribution in [-0.2, 0) is 14.8 Å². The first-order valence-electron chi connectivity index (χ1n) is 8.68. The summed E-state index contributed by atoms with van der Waals surface area (Å²) in [6, 6.07) is 9.92. The van der Waals surface area contributed by atoms with Crippen molar-refractivity contribution >= 4 is 21.6 Å². The van der Waals surface area contributed by atoms with Crippen molar-refractivity contribution in [2.24, 2.45) is 0 Å². The number of nitrogens with one attached hydrogen (secondary N) is 1. The first-order chi connectivity index (χ1) is 13.3. The molecule has 0 saturated carbocycles. The van der Waals surface area contributed by atoms with Gasteiger partial charge < -0.3 is 14.8 Å². The van der Waals surface area contributed by atoms with Crippen LogP contribution in [0, 0.1) is 5.82 Å². The number of benzene rings is 2. The van der Waals surface area contributed by atoms with Crippen molar-refractivity contribution in [3.63, 3.8) is 0 Å². The second kappa shape index (κ2) is 9.52. The fraction of sp³-hybridized carbons (Fsp3) is 0.316. The molecule has 28 heavy (non-hydrogen) atoms. The maximum absolute atomic E-state index is 13.6. The van der Waals surface area contributed by atoms with Gasteiger partial charge in [0.2, 0.25) is 15.9 Å². The summed E-state index contributed by atoms with van der Waals surface area (Å²) in [4.78, 5) is 12.0. The van der Waals surface area contributed by atoms with Crippen LogP contribution in [-0.4, -0.2) is 45.4 Å². The largest absolute Gasteiger partial charge is 0.495 e. The van der Waals surface area contributed by atoms with Crippen molar-refractivity contribution in [1.29, 1.82) is 0 Å². The van der Waals surface area contributed by atoms with Crippen LogP contribution in [0.4, 0.5) is 10.1 Å². The lowest BCUT2D eigenvalue weighted by Crippen LogP contribution is -2.38. The van der Waals surface area contributed by atoms with Crippen molar-refractivity contribution in [3.05, 3.63) is 48.3 Å². The molecule has 0 aliphatic heterocycles. The highest BCUT2D eigenvalue weighted by Crippen LogP contribution is 2.27. The highest BCUT2D eigenvalue weighted by molar-refractivity contribution is 7.89. The first kappa shape index (κ1) is 21.6. The average Bonchev–Trinajstić information content (AvgIpc) is 2.67. The minimum Gasteiger partial charge on any atom is -0.495 e. The van der Waals surface area contributed by atoms with E-state index in [1.807, 2.05) is 6.92 Å². The van der Waals surface area contributed by atoms with Gasteiger partial charge in [0.1, 0.15) is 22.2 Å². The second-order valence-electron chi connectivity index (χ2n) is 5.73. The molecule has 0 spiro atoms. The van der Waals surface area contributed by atoms with Gasteiger partial charge in [0.05, 0.1) is 20.3 Å². The predicted octanol–water partition coefficient (Wildman–Crippen LogP) is 2.88. The Morgan fingerprint density at radius 3 is 2.39 bits per heavy atom. The predicted molar refractivity (Wildman–Crippen MR) is 104 cm³/mol. The number of sulfonamides is 1. The molecule has 0 bridgehead atoms. The Morgan fingerprint density at radius 2 is 1.82 bits per heavy atom. The lowest BCUT2D eigenvalue weighted by atomic mass is 10.3. The van der Waals surface area contributed by atoms with E-state index in [0.29, 0.717) is 18.0 Å². The number of hydrogen-bond acceptors (Lipinski definition) is 5. The Labute approximate surface area is 164 Å². The van der Waals surface area contributed by atoms with Crippen LogP contribution in [0.3, 0.4) is 0 Å². The van der Waals surface area contributed by atoms with Crippen LogP contribution in [0.1, 0.15) is 13.8 Å². The van der Waals surface area contributed by atoms with Crippen LogP contribution >= 0.6 is 0 Å². The Bertz CT molecular complexity index is 916. The zero-order chi connectivity index (χ0) is 20.7. The topological polar surface area (TPSA) is 84.9 Å². The number of carbonyl (C=O) groups excluding carboxylic acids is 1. The van der Waals surface area contributed by atoms with E-state index in [4.69, 9.17) is 9.47 Å². The maximum Gasteiger partial charge on any atom is 0.247 e. The Kier molecular flexibility index (Phi) is 7.36. The molecule has 0 aliphatic rings. The quantitative estimate of drug-likeness (QED) is 0.687. The molecular weight excluding hydrogens is 387 g/mol. The van der Waals surface area contributed by atoms with Crippen molar-refractivity contribution in [2.75, 3.05) is 32.1 Å². The number of methoxy groups -OCH3 is 1. The van der Waals surface area contributed by atoms with E-state index in [1.165, 1.54) is 13.2 Å². The van der Waals surface area contributed by atoms with E-state index >= 15 is 0 Å². The molecule has 0 heterocycles. The Balaban J connectivity index is 2.16. The summed E-state index contributed by atoms with van der Waals surface area (Å²) in [6.07, 6.45) is 0. The van der Waals surface area contributed by atoms with E-state index in [2.05, 4.69) is 5.32 Å². The van der Waals surface area contributed by atoms with Gasteiger partial charge in [-0.25, -0.2) is 12.8 Å². The third-order valence-electron chi connectivity index (χ3n) is 3.87. The lowest BCUT2D eigenvalue weighted by Gasteiger charge is -2.21. The number of hydrogen-bond donors (Lipinski definition) is 1. The molecule has 2 aromatic rings. The average molecular weight is 410 g/mol. The van der Waals surface area contributed by atoms with Gasteiger partial charge in [0, 0.05) is 12.2 Å². The fourth-order valence-corrected chi connectivity index (χ4v) is 4.09. The number of nitrogens with zero attached hydrogens (tertiary/aromatic N) is 1. The van der Waals surface area contributed by atoms with Crippen molar-refractivity contribution in [2.45, 2.75) is 18.7 Å². The molecule has 2 rings (SSSR count). The van der Waals surface area contributed by atoms with Crippen LogP contribution in [0.2, 0.25) is 0 Å². The molecule has 0 saturated heterocycles. The van der Waals surface area contributed by atoms with E-state index in [9.17, 15) is 17.6 Å².